The van der Waals surface area contributed by atoms with Gasteiger partial charge in [-0.3, -0.25) is 5.10 Å². The van der Waals surface area contributed by atoms with Crippen LogP contribution in [0.1, 0.15) is 18.5 Å². The van der Waals surface area contributed by atoms with Crippen LogP contribution in [-0.2, 0) is 7.05 Å². The van der Waals surface area contributed by atoms with Gasteiger partial charge >= 0.3 is 0 Å². The fraction of sp³-hybridized carbons (Fsp3) is 0.231. The van der Waals surface area contributed by atoms with E-state index in [1.54, 1.807) is 0 Å². The molecule has 0 aliphatic heterocycles. The summed E-state index contributed by atoms with van der Waals surface area (Å²) >= 11 is 0. The van der Waals surface area contributed by atoms with Gasteiger partial charge in [0.05, 0.1) is 23.3 Å². The maximum Gasteiger partial charge on any atom is 0.204 e. The third kappa shape index (κ3) is 1.73. The maximum absolute atomic E-state index is 4.58. The molecule has 0 spiro atoms. The second kappa shape index (κ2) is 4.18. The summed E-state index contributed by atoms with van der Waals surface area (Å²) in [6, 6.07) is 8.27. The lowest BCUT2D eigenvalue weighted by molar-refractivity contribution is 0.833. The number of nitrogens with zero attached hydrogens (tertiary/aromatic N) is 3. The van der Waals surface area contributed by atoms with Gasteiger partial charge in [-0.1, -0.05) is 12.1 Å². The number of rotatable bonds is 3. The molecule has 2 aromatic heterocycles. The number of hydrogen-bond donors (Lipinski definition) is 2. The molecular weight excluding hydrogens is 226 g/mol. The predicted octanol–water partition coefficient (Wildman–Crippen LogP) is 2.47. The first-order valence-electron chi connectivity index (χ1n) is 5.92. The lowest BCUT2D eigenvalue weighted by Gasteiger charge is -2.12. The molecule has 0 radical (unpaired) electrons. The molecule has 18 heavy (non-hydrogen) atoms. The molecule has 2 N–H and O–H groups in total. The number of hydrogen-bond acceptors (Lipinski definition) is 3. The summed E-state index contributed by atoms with van der Waals surface area (Å²) in [6.07, 6.45) is 3.71. The van der Waals surface area contributed by atoms with E-state index in [0.29, 0.717) is 0 Å². The first-order valence-corrected chi connectivity index (χ1v) is 5.92. The van der Waals surface area contributed by atoms with E-state index in [0.717, 1.165) is 22.5 Å². The Morgan fingerprint density at radius 1 is 1.33 bits per heavy atom. The van der Waals surface area contributed by atoms with Crippen molar-refractivity contribution in [2.45, 2.75) is 13.0 Å². The summed E-state index contributed by atoms with van der Waals surface area (Å²) in [4.78, 5) is 4.58. The van der Waals surface area contributed by atoms with Gasteiger partial charge in [-0.15, -0.1) is 0 Å². The monoisotopic (exact) mass is 241 g/mol. The summed E-state index contributed by atoms with van der Waals surface area (Å²) in [7, 11) is 2.01. The molecule has 5 nitrogen and oxygen atoms in total. The first-order chi connectivity index (χ1) is 8.75. The second-order valence-corrected chi connectivity index (χ2v) is 4.38. The summed E-state index contributed by atoms with van der Waals surface area (Å²) in [5.74, 6) is 0.866. The minimum absolute atomic E-state index is 0.166. The Bertz CT molecular complexity index is 653. The maximum atomic E-state index is 4.58. The first kappa shape index (κ1) is 10.8. The quantitative estimate of drug-likeness (QED) is 0.740. The van der Waals surface area contributed by atoms with E-state index in [2.05, 4.69) is 38.1 Å². The molecule has 0 fully saturated rings. The van der Waals surface area contributed by atoms with Crippen LogP contribution in [0, 0.1) is 0 Å². The molecule has 1 unspecified atom stereocenters. The fourth-order valence-electron chi connectivity index (χ4n) is 2.05. The Morgan fingerprint density at radius 2 is 2.17 bits per heavy atom. The van der Waals surface area contributed by atoms with E-state index in [-0.39, 0.29) is 6.04 Å². The topological polar surface area (TPSA) is 58.5 Å². The van der Waals surface area contributed by atoms with Crippen molar-refractivity contribution in [2.75, 3.05) is 5.32 Å². The predicted molar refractivity (Wildman–Crippen MR) is 71.3 cm³/mol. The highest BCUT2D eigenvalue weighted by Crippen LogP contribution is 2.21. The van der Waals surface area contributed by atoms with Gasteiger partial charge < -0.3 is 9.88 Å². The van der Waals surface area contributed by atoms with Crippen LogP contribution >= 0.6 is 0 Å². The minimum atomic E-state index is 0.166. The van der Waals surface area contributed by atoms with E-state index in [1.807, 2.05) is 37.6 Å². The van der Waals surface area contributed by atoms with E-state index in [9.17, 15) is 0 Å². The van der Waals surface area contributed by atoms with Crippen molar-refractivity contribution in [2.24, 2.45) is 7.05 Å². The Morgan fingerprint density at radius 3 is 2.89 bits per heavy atom. The van der Waals surface area contributed by atoms with Gasteiger partial charge in [0.2, 0.25) is 5.95 Å². The average molecular weight is 241 g/mol. The SMILES string of the molecule is CC(Nc1nc2ccccc2n1C)c1cn[nH]c1. The van der Waals surface area contributed by atoms with Crippen LogP contribution in [0.4, 0.5) is 5.95 Å². The zero-order chi connectivity index (χ0) is 12.5. The van der Waals surface area contributed by atoms with Crippen molar-refractivity contribution in [3.05, 3.63) is 42.2 Å². The molecular formula is C13H15N5. The van der Waals surface area contributed by atoms with Crippen LogP contribution in [0.25, 0.3) is 11.0 Å². The molecule has 0 saturated carbocycles. The number of nitrogens with one attached hydrogen (secondary N) is 2. The smallest absolute Gasteiger partial charge is 0.204 e. The lowest BCUT2D eigenvalue weighted by Crippen LogP contribution is -2.09. The molecule has 1 atom stereocenters. The van der Waals surface area contributed by atoms with Crippen molar-refractivity contribution in [1.29, 1.82) is 0 Å². The number of fused-ring (bicyclic) bond motifs is 1. The Hall–Kier alpha value is -2.30. The number of anilines is 1. The molecule has 0 aliphatic carbocycles. The Kier molecular flexibility index (Phi) is 2.51. The highest BCUT2D eigenvalue weighted by Gasteiger charge is 2.11. The molecule has 0 aliphatic rings. The zero-order valence-electron chi connectivity index (χ0n) is 10.4. The molecule has 1 aromatic carbocycles. The summed E-state index contributed by atoms with van der Waals surface area (Å²) in [6.45, 7) is 2.09. The number of aromatic amines is 1. The van der Waals surface area contributed by atoms with E-state index in [4.69, 9.17) is 0 Å². The summed E-state index contributed by atoms with van der Waals surface area (Å²) in [5.41, 5.74) is 3.24. The van der Waals surface area contributed by atoms with Crippen LogP contribution in [-0.4, -0.2) is 19.7 Å². The second-order valence-electron chi connectivity index (χ2n) is 4.38. The van der Waals surface area contributed by atoms with Gasteiger partial charge in [-0.25, -0.2) is 4.98 Å². The summed E-state index contributed by atoms with van der Waals surface area (Å²) < 4.78 is 2.06. The number of para-hydroxylation sites is 2. The van der Waals surface area contributed by atoms with E-state index < -0.39 is 0 Å². The van der Waals surface area contributed by atoms with Crippen molar-refractivity contribution in [1.82, 2.24) is 19.7 Å². The Balaban J connectivity index is 1.93. The molecule has 3 aromatic rings. The van der Waals surface area contributed by atoms with Crippen molar-refractivity contribution < 1.29 is 0 Å². The molecule has 2 heterocycles. The molecule has 0 saturated heterocycles. The van der Waals surface area contributed by atoms with Crippen LogP contribution < -0.4 is 5.32 Å². The third-order valence-electron chi connectivity index (χ3n) is 3.15. The largest absolute Gasteiger partial charge is 0.349 e. The van der Waals surface area contributed by atoms with Gasteiger partial charge in [-0.2, -0.15) is 5.10 Å². The van der Waals surface area contributed by atoms with Gasteiger partial charge in [0.25, 0.3) is 0 Å². The molecule has 0 bridgehead atoms. The van der Waals surface area contributed by atoms with Crippen LogP contribution in [0.15, 0.2) is 36.7 Å². The number of benzene rings is 1. The average Bonchev–Trinajstić information content (AvgIpc) is 3.00. The molecule has 5 heteroatoms. The highest BCUT2D eigenvalue weighted by atomic mass is 15.2. The van der Waals surface area contributed by atoms with Gasteiger partial charge in [0.1, 0.15) is 0 Å². The van der Waals surface area contributed by atoms with Gasteiger partial charge in [0.15, 0.2) is 0 Å². The standard InChI is InChI=1S/C13H15N5/c1-9(10-7-14-15-8-10)16-13-17-11-5-3-4-6-12(11)18(13)2/h3-9H,1-2H3,(H,14,15)(H,16,17). The third-order valence-corrected chi connectivity index (χ3v) is 3.15. The van der Waals surface area contributed by atoms with Gasteiger partial charge in [-0.05, 0) is 19.1 Å². The van der Waals surface area contributed by atoms with Crippen LogP contribution in [0.3, 0.4) is 0 Å². The van der Waals surface area contributed by atoms with E-state index >= 15 is 0 Å². The zero-order valence-corrected chi connectivity index (χ0v) is 10.4. The van der Waals surface area contributed by atoms with Crippen molar-refractivity contribution >= 4 is 17.0 Å². The molecule has 0 amide bonds. The van der Waals surface area contributed by atoms with Crippen LogP contribution in [0.5, 0.6) is 0 Å². The number of aromatic nitrogens is 4. The van der Waals surface area contributed by atoms with Crippen LogP contribution in [0.2, 0.25) is 0 Å². The number of aryl methyl sites for hydroxylation is 1. The molecule has 92 valence electrons. The fourth-order valence-corrected chi connectivity index (χ4v) is 2.05. The minimum Gasteiger partial charge on any atom is -0.349 e. The molecule has 3 rings (SSSR count). The Labute approximate surface area is 105 Å². The van der Waals surface area contributed by atoms with E-state index in [1.165, 1.54) is 0 Å². The number of H-pyrrole nitrogens is 1. The number of imidazole rings is 1. The van der Waals surface area contributed by atoms with Crippen molar-refractivity contribution in [3.8, 4) is 0 Å². The highest BCUT2D eigenvalue weighted by molar-refractivity contribution is 5.78. The normalized spacial score (nSPS) is 12.8. The summed E-state index contributed by atoms with van der Waals surface area (Å²) in [5, 5.41) is 10.2. The van der Waals surface area contributed by atoms with Gasteiger partial charge in [0, 0.05) is 18.8 Å². The van der Waals surface area contributed by atoms with Crippen molar-refractivity contribution in [3.63, 3.8) is 0 Å². The lowest BCUT2D eigenvalue weighted by atomic mass is 10.2.